The number of rotatable bonds is 5. The number of fused-ring (bicyclic) bond motifs is 1. The van der Waals surface area contributed by atoms with E-state index in [1.165, 1.54) is 6.92 Å². The maximum Gasteiger partial charge on any atom is 0.326 e. The first-order valence-corrected chi connectivity index (χ1v) is 9.77. The van der Waals surface area contributed by atoms with Crippen molar-refractivity contribution in [1.29, 1.82) is 0 Å². The molecule has 3 amide bonds. The van der Waals surface area contributed by atoms with Crippen LogP contribution < -0.4 is 5.32 Å². The third-order valence-electron chi connectivity index (χ3n) is 5.49. The zero-order valence-corrected chi connectivity index (χ0v) is 17.2. The van der Waals surface area contributed by atoms with E-state index in [-0.39, 0.29) is 11.8 Å². The van der Waals surface area contributed by atoms with Crippen molar-refractivity contribution in [3.05, 3.63) is 41.0 Å². The number of benzene rings is 1. The molecule has 0 radical (unpaired) electrons. The first-order valence-electron chi connectivity index (χ1n) is 9.77. The van der Waals surface area contributed by atoms with Crippen molar-refractivity contribution < 1.29 is 23.9 Å². The average Bonchev–Trinajstić information content (AvgIpc) is 2.89. The van der Waals surface area contributed by atoms with Crippen molar-refractivity contribution in [2.24, 2.45) is 11.8 Å². The van der Waals surface area contributed by atoms with Gasteiger partial charge in [0.1, 0.15) is 6.54 Å². The summed E-state index contributed by atoms with van der Waals surface area (Å²) >= 11 is 0. The highest BCUT2D eigenvalue weighted by Gasteiger charge is 2.47. The topological polar surface area (TPSA) is 92.8 Å². The maximum absolute atomic E-state index is 12.5. The van der Waals surface area contributed by atoms with Crippen LogP contribution in [-0.2, 0) is 23.9 Å². The number of anilines is 1. The van der Waals surface area contributed by atoms with Gasteiger partial charge in [0, 0.05) is 5.69 Å². The molecule has 0 saturated carbocycles. The SMILES string of the molecule is Cc1cc(C)c(NC(=O)[C@H](C)OC(=O)CN2C(=O)[C@H]3CC=CC[C@H]3C2=O)c(C)c1. The molecule has 1 aliphatic heterocycles. The van der Waals surface area contributed by atoms with Crippen LogP contribution in [-0.4, -0.2) is 41.2 Å². The molecule has 3 rings (SSSR count). The Morgan fingerprint density at radius 2 is 1.59 bits per heavy atom. The van der Waals surface area contributed by atoms with Crippen molar-refractivity contribution in [2.75, 3.05) is 11.9 Å². The van der Waals surface area contributed by atoms with Gasteiger partial charge in [0.15, 0.2) is 6.10 Å². The first-order chi connectivity index (χ1) is 13.7. The highest BCUT2D eigenvalue weighted by Crippen LogP contribution is 2.34. The van der Waals surface area contributed by atoms with E-state index in [9.17, 15) is 19.2 Å². The number of carbonyl (C=O) groups is 4. The number of amides is 3. The molecule has 1 aromatic rings. The van der Waals surface area contributed by atoms with E-state index in [0.717, 1.165) is 21.6 Å². The number of carbonyl (C=O) groups excluding carboxylic acids is 4. The number of imide groups is 1. The Labute approximate surface area is 170 Å². The van der Waals surface area contributed by atoms with Crippen molar-refractivity contribution in [1.82, 2.24) is 4.90 Å². The molecule has 0 unspecified atom stereocenters. The summed E-state index contributed by atoms with van der Waals surface area (Å²) in [5, 5.41) is 2.79. The van der Waals surface area contributed by atoms with Gasteiger partial charge in [0.2, 0.25) is 11.8 Å². The molecule has 1 saturated heterocycles. The molecule has 3 atom stereocenters. The van der Waals surface area contributed by atoms with E-state index >= 15 is 0 Å². The van der Waals surface area contributed by atoms with Gasteiger partial charge in [-0.3, -0.25) is 24.1 Å². The molecule has 1 heterocycles. The molecular formula is C22H26N2O5. The monoisotopic (exact) mass is 398 g/mol. The van der Waals surface area contributed by atoms with Crippen molar-refractivity contribution >= 4 is 29.4 Å². The number of nitrogens with one attached hydrogen (secondary N) is 1. The number of allylic oxidation sites excluding steroid dienone is 2. The minimum atomic E-state index is -1.06. The Morgan fingerprint density at radius 1 is 1.07 bits per heavy atom. The zero-order valence-electron chi connectivity index (χ0n) is 17.2. The summed E-state index contributed by atoms with van der Waals surface area (Å²) in [6.07, 6.45) is 3.73. The smallest absolute Gasteiger partial charge is 0.326 e. The molecule has 7 heteroatoms. The van der Waals surface area contributed by atoms with Crippen LogP contribution in [0.5, 0.6) is 0 Å². The quantitative estimate of drug-likeness (QED) is 0.467. The lowest BCUT2D eigenvalue weighted by molar-refractivity contribution is -0.158. The minimum Gasteiger partial charge on any atom is -0.451 e. The average molecular weight is 398 g/mol. The molecular weight excluding hydrogens is 372 g/mol. The summed E-state index contributed by atoms with van der Waals surface area (Å²) in [6, 6.07) is 3.91. The second-order valence-corrected chi connectivity index (χ2v) is 7.81. The zero-order chi connectivity index (χ0) is 21.3. The van der Waals surface area contributed by atoms with Crippen molar-refractivity contribution in [3.8, 4) is 0 Å². The number of nitrogens with zero attached hydrogens (tertiary/aromatic N) is 1. The molecule has 1 aromatic carbocycles. The Bertz CT molecular complexity index is 855. The fourth-order valence-corrected chi connectivity index (χ4v) is 4.04. The van der Waals surface area contributed by atoms with Gasteiger partial charge in [-0.15, -0.1) is 0 Å². The molecule has 7 nitrogen and oxygen atoms in total. The number of likely N-dealkylation sites (tertiary alicyclic amines) is 1. The van der Waals surface area contributed by atoms with Crippen LogP contribution in [0.1, 0.15) is 36.5 Å². The lowest BCUT2D eigenvalue weighted by Gasteiger charge is -2.18. The highest BCUT2D eigenvalue weighted by atomic mass is 16.5. The largest absolute Gasteiger partial charge is 0.451 e. The van der Waals surface area contributed by atoms with E-state index in [2.05, 4.69) is 5.32 Å². The normalized spacial score (nSPS) is 21.7. The lowest BCUT2D eigenvalue weighted by atomic mass is 9.85. The minimum absolute atomic E-state index is 0.343. The Morgan fingerprint density at radius 3 is 2.10 bits per heavy atom. The molecule has 0 spiro atoms. The van der Waals surface area contributed by atoms with Gasteiger partial charge in [-0.05, 0) is 51.7 Å². The molecule has 2 aliphatic rings. The van der Waals surface area contributed by atoms with Gasteiger partial charge in [-0.25, -0.2) is 0 Å². The van der Waals surface area contributed by atoms with Gasteiger partial charge in [0.25, 0.3) is 5.91 Å². The number of hydrogen-bond acceptors (Lipinski definition) is 5. The van der Waals surface area contributed by atoms with E-state index in [4.69, 9.17) is 4.74 Å². The molecule has 1 fully saturated rings. The van der Waals surface area contributed by atoms with Crippen LogP contribution in [0.4, 0.5) is 5.69 Å². The number of esters is 1. The highest BCUT2D eigenvalue weighted by molar-refractivity contribution is 6.07. The summed E-state index contributed by atoms with van der Waals surface area (Å²) in [7, 11) is 0. The molecule has 1 N–H and O–H groups in total. The maximum atomic E-state index is 12.5. The van der Waals surface area contributed by atoms with Crippen LogP contribution in [0.3, 0.4) is 0 Å². The second kappa shape index (κ2) is 8.19. The number of aryl methyl sites for hydroxylation is 3. The Hall–Kier alpha value is -2.96. The van der Waals surface area contributed by atoms with Crippen LogP contribution in [0.25, 0.3) is 0 Å². The van der Waals surface area contributed by atoms with E-state index in [0.29, 0.717) is 18.5 Å². The number of ether oxygens (including phenoxy) is 1. The van der Waals surface area contributed by atoms with Crippen LogP contribution in [0.2, 0.25) is 0 Å². The summed E-state index contributed by atoms with van der Waals surface area (Å²) in [6.45, 7) is 6.76. The predicted octanol–water partition coefficient (Wildman–Crippen LogP) is 2.43. The molecule has 0 bridgehead atoms. The Balaban J connectivity index is 1.59. The predicted molar refractivity (Wildman–Crippen MR) is 107 cm³/mol. The van der Waals surface area contributed by atoms with Gasteiger partial charge >= 0.3 is 5.97 Å². The third-order valence-corrected chi connectivity index (χ3v) is 5.49. The van der Waals surface area contributed by atoms with Crippen LogP contribution in [0.15, 0.2) is 24.3 Å². The summed E-state index contributed by atoms with van der Waals surface area (Å²) in [4.78, 5) is 50.6. The number of hydrogen-bond donors (Lipinski definition) is 1. The summed E-state index contributed by atoms with van der Waals surface area (Å²) in [5.41, 5.74) is 3.61. The first kappa shape index (κ1) is 20.8. The molecule has 154 valence electrons. The standard InChI is InChI=1S/C22H26N2O5/c1-12-9-13(2)19(14(3)10-12)23-20(26)15(4)29-18(25)11-24-21(27)16-7-5-6-8-17(16)22(24)28/h5-6,9-10,15-17H,7-8,11H2,1-4H3,(H,23,26)/t15-,16-,17+/m0/s1. The lowest BCUT2D eigenvalue weighted by Crippen LogP contribution is -2.39. The Kier molecular flexibility index (Phi) is 5.86. The van der Waals surface area contributed by atoms with E-state index < -0.39 is 36.4 Å². The summed E-state index contributed by atoms with van der Waals surface area (Å²) < 4.78 is 5.19. The van der Waals surface area contributed by atoms with E-state index in [1.54, 1.807) is 0 Å². The van der Waals surface area contributed by atoms with Gasteiger partial charge in [-0.1, -0.05) is 29.8 Å². The van der Waals surface area contributed by atoms with Crippen molar-refractivity contribution in [3.63, 3.8) is 0 Å². The fraction of sp³-hybridized carbons (Fsp3) is 0.455. The third kappa shape index (κ3) is 4.23. The van der Waals surface area contributed by atoms with Gasteiger partial charge in [0.05, 0.1) is 11.8 Å². The molecule has 29 heavy (non-hydrogen) atoms. The van der Waals surface area contributed by atoms with Gasteiger partial charge in [-0.2, -0.15) is 0 Å². The van der Waals surface area contributed by atoms with Crippen LogP contribution >= 0.6 is 0 Å². The van der Waals surface area contributed by atoms with E-state index in [1.807, 2.05) is 45.1 Å². The summed E-state index contributed by atoms with van der Waals surface area (Å²) in [5.74, 6) is -2.72. The van der Waals surface area contributed by atoms with Gasteiger partial charge < -0.3 is 10.1 Å². The fourth-order valence-electron chi connectivity index (χ4n) is 4.04. The second-order valence-electron chi connectivity index (χ2n) is 7.81. The molecule has 1 aliphatic carbocycles. The van der Waals surface area contributed by atoms with Crippen molar-refractivity contribution in [2.45, 2.75) is 46.6 Å². The van der Waals surface area contributed by atoms with Crippen LogP contribution in [0, 0.1) is 32.6 Å². The molecule has 0 aromatic heterocycles.